The minimum absolute atomic E-state index is 0.984. The molecule has 0 aliphatic heterocycles. The summed E-state index contributed by atoms with van der Waals surface area (Å²) in [6, 6.07) is 64.2. The Labute approximate surface area is 314 Å². The summed E-state index contributed by atoms with van der Waals surface area (Å²) in [5.41, 5.74) is 7.87. The highest BCUT2D eigenvalue weighted by Gasteiger charge is 2.18. The van der Waals surface area contributed by atoms with Gasteiger partial charge in [-0.1, -0.05) is 115 Å². The molecule has 3 heterocycles. The molecular weight excluding hydrogens is 681 g/mol. The van der Waals surface area contributed by atoms with Crippen LogP contribution >= 0.6 is 22.7 Å². The summed E-state index contributed by atoms with van der Waals surface area (Å²) in [6.07, 6.45) is 1.84. The summed E-state index contributed by atoms with van der Waals surface area (Å²) in [5, 5.41) is 10.5. The van der Waals surface area contributed by atoms with Crippen molar-refractivity contribution in [2.45, 2.75) is 0 Å². The van der Waals surface area contributed by atoms with Gasteiger partial charge in [0.05, 0.1) is 5.69 Å². The maximum absolute atomic E-state index is 4.52. The van der Waals surface area contributed by atoms with Crippen molar-refractivity contribution in [3.63, 3.8) is 0 Å². The lowest BCUT2D eigenvalue weighted by molar-refractivity contribution is 1.30. The summed E-state index contributed by atoms with van der Waals surface area (Å²) in [4.78, 5) is 6.94. The van der Waals surface area contributed by atoms with Crippen molar-refractivity contribution in [2.75, 3.05) is 4.90 Å². The molecule has 0 saturated carbocycles. The highest BCUT2D eigenvalue weighted by molar-refractivity contribution is 7.26. The predicted octanol–water partition coefficient (Wildman–Crippen LogP) is 14.9. The van der Waals surface area contributed by atoms with Gasteiger partial charge in [-0.3, -0.25) is 4.98 Å². The van der Waals surface area contributed by atoms with Crippen LogP contribution in [0.3, 0.4) is 0 Å². The fourth-order valence-corrected chi connectivity index (χ4v) is 10.3. The first-order valence-electron chi connectivity index (χ1n) is 17.9. The Morgan fingerprint density at radius 3 is 1.40 bits per heavy atom. The van der Waals surface area contributed by atoms with E-state index in [4.69, 9.17) is 0 Å². The summed E-state index contributed by atoms with van der Waals surface area (Å²) < 4.78 is 5.22. The van der Waals surface area contributed by atoms with E-state index >= 15 is 0 Å². The molecule has 0 amide bonds. The normalized spacial score (nSPS) is 11.8. The molecule has 53 heavy (non-hydrogen) atoms. The lowest BCUT2D eigenvalue weighted by atomic mass is 10.0. The highest BCUT2D eigenvalue weighted by Crippen LogP contribution is 2.45. The predicted molar refractivity (Wildman–Crippen MR) is 231 cm³/mol. The SMILES string of the molecule is c1ccc(-c2ccc(-c3ccc(N(c4ccc5c(c4)sc4ccc6ccccc6c45)c4ccc5c(c4)sc4ccc6ccccc6c45)cc3)cc2)nc1. The molecule has 0 radical (unpaired) electrons. The lowest BCUT2D eigenvalue weighted by Gasteiger charge is -2.26. The van der Waals surface area contributed by atoms with E-state index in [0.29, 0.717) is 0 Å². The summed E-state index contributed by atoms with van der Waals surface area (Å²) >= 11 is 3.75. The zero-order valence-electron chi connectivity index (χ0n) is 28.5. The number of benzene rings is 8. The lowest BCUT2D eigenvalue weighted by Crippen LogP contribution is -2.09. The Morgan fingerprint density at radius 1 is 0.358 bits per heavy atom. The molecule has 0 unspecified atom stereocenters. The van der Waals surface area contributed by atoms with Gasteiger partial charge in [-0.05, 0) is 93.3 Å². The number of thiophene rings is 2. The molecule has 4 heteroatoms. The number of hydrogen-bond donors (Lipinski definition) is 0. The van der Waals surface area contributed by atoms with Crippen LogP contribution in [0.2, 0.25) is 0 Å². The average molecular weight is 711 g/mol. The molecule has 0 saturated heterocycles. The van der Waals surface area contributed by atoms with Crippen LogP contribution in [0.25, 0.3) is 84.3 Å². The number of fused-ring (bicyclic) bond motifs is 10. The first kappa shape index (κ1) is 30.3. The molecule has 11 aromatic rings. The number of hydrogen-bond acceptors (Lipinski definition) is 4. The minimum Gasteiger partial charge on any atom is -0.310 e. The van der Waals surface area contributed by atoms with Crippen LogP contribution < -0.4 is 4.90 Å². The van der Waals surface area contributed by atoms with Crippen molar-refractivity contribution in [3.8, 4) is 22.4 Å². The Balaban J connectivity index is 1.05. The average Bonchev–Trinajstić information content (AvgIpc) is 3.80. The van der Waals surface area contributed by atoms with Gasteiger partial charge < -0.3 is 4.90 Å². The van der Waals surface area contributed by atoms with E-state index in [0.717, 1.165) is 28.3 Å². The van der Waals surface area contributed by atoms with Crippen LogP contribution in [0.5, 0.6) is 0 Å². The highest BCUT2D eigenvalue weighted by atomic mass is 32.1. The molecule has 11 rings (SSSR count). The Morgan fingerprint density at radius 2 is 0.849 bits per heavy atom. The monoisotopic (exact) mass is 710 g/mol. The Kier molecular flexibility index (Phi) is 6.94. The quantitative estimate of drug-likeness (QED) is 0.177. The van der Waals surface area contributed by atoms with Gasteiger partial charge in [-0.25, -0.2) is 0 Å². The zero-order chi connectivity index (χ0) is 34.9. The zero-order valence-corrected chi connectivity index (χ0v) is 30.2. The van der Waals surface area contributed by atoms with Crippen molar-refractivity contribution in [1.82, 2.24) is 4.98 Å². The second-order valence-corrected chi connectivity index (χ2v) is 15.7. The molecule has 0 spiro atoms. The van der Waals surface area contributed by atoms with Crippen molar-refractivity contribution in [3.05, 3.63) is 182 Å². The molecular formula is C49H30N2S2. The molecule has 2 nitrogen and oxygen atoms in total. The molecule has 0 N–H and O–H groups in total. The van der Waals surface area contributed by atoms with Gasteiger partial charge in [0.2, 0.25) is 0 Å². The Hall–Kier alpha value is -6.33. The number of pyridine rings is 1. The third-order valence-electron chi connectivity index (χ3n) is 10.5. The van der Waals surface area contributed by atoms with Gasteiger partial charge in [0, 0.05) is 69.2 Å². The van der Waals surface area contributed by atoms with E-state index < -0.39 is 0 Å². The van der Waals surface area contributed by atoms with E-state index in [2.05, 4.69) is 174 Å². The van der Waals surface area contributed by atoms with Crippen molar-refractivity contribution < 1.29 is 0 Å². The van der Waals surface area contributed by atoms with Crippen molar-refractivity contribution >= 4 is 102 Å². The second kappa shape index (κ2) is 12.1. The van der Waals surface area contributed by atoms with Crippen LogP contribution in [0.4, 0.5) is 17.1 Å². The van der Waals surface area contributed by atoms with Gasteiger partial charge in [-0.15, -0.1) is 22.7 Å². The topological polar surface area (TPSA) is 16.1 Å². The number of anilines is 3. The van der Waals surface area contributed by atoms with Crippen molar-refractivity contribution in [1.29, 1.82) is 0 Å². The summed E-state index contributed by atoms with van der Waals surface area (Å²) in [7, 11) is 0. The van der Waals surface area contributed by atoms with Crippen LogP contribution in [0.15, 0.2) is 182 Å². The Bertz CT molecular complexity index is 3000. The number of aromatic nitrogens is 1. The standard InChI is InChI=1S/C49H30N2S2/c1-3-9-39-33(7-1)18-26-44-48(39)41-24-22-37(29-46(41)52-44)51(36-20-16-32(17-21-36)31-12-14-35(15-13-31)43-11-5-6-28-50-43)38-23-25-42-47(30-38)53-45-27-19-34-8-2-4-10-40(34)49(42)45/h1-30H. The van der Waals surface area contributed by atoms with E-state index in [1.165, 1.54) is 73.0 Å². The fourth-order valence-electron chi connectivity index (χ4n) is 7.97. The number of nitrogens with zero attached hydrogens (tertiary/aromatic N) is 2. The second-order valence-electron chi connectivity index (χ2n) is 13.6. The van der Waals surface area contributed by atoms with Gasteiger partial charge in [-0.2, -0.15) is 0 Å². The molecule has 0 fully saturated rings. The minimum atomic E-state index is 0.984. The van der Waals surface area contributed by atoms with Gasteiger partial charge in [0.25, 0.3) is 0 Å². The molecule has 3 aromatic heterocycles. The first-order chi connectivity index (χ1) is 26.2. The maximum Gasteiger partial charge on any atom is 0.0701 e. The number of rotatable bonds is 5. The van der Waals surface area contributed by atoms with Gasteiger partial charge in [0.15, 0.2) is 0 Å². The van der Waals surface area contributed by atoms with Gasteiger partial charge in [0.1, 0.15) is 0 Å². The van der Waals surface area contributed by atoms with E-state index in [1.54, 1.807) is 0 Å². The van der Waals surface area contributed by atoms with E-state index in [1.807, 2.05) is 41.0 Å². The molecule has 0 aliphatic rings. The van der Waals surface area contributed by atoms with Crippen LogP contribution in [0.1, 0.15) is 0 Å². The smallest absolute Gasteiger partial charge is 0.0701 e. The fraction of sp³-hybridized carbons (Fsp3) is 0. The third kappa shape index (κ3) is 5.02. The maximum atomic E-state index is 4.52. The largest absolute Gasteiger partial charge is 0.310 e. The molecule has 0 aliphatic carbocycles. The van der Waals surface area contributed by atoms with Crippen LogP contribution in [-0.4, -0.2) is 4.98 Å². The van der Waals surface area contributed by atoms with Crippen LogP contribution in [0, 0.1) is 0 Å². The molecule has 8 aromatic carbocycles. The molecule has 0 atom stereocenters. The molecule has 0 bridgehead atoms. The first-order valence-corrected chi connectivity index (χ1v) is 19.5. The third-order valence-corrected chi connectivity index (χ3v) is 12.7. The van der Waals surface area contributed by atoms with E-state index in [-0.39, 0.29) is 0 Å². The van der Waals surface area contributed by atoms with Crippen molar-refractivity contribution in [2.24, 2.45) is 0 Å². The van der Waals surface area contributed by atoms with E-state index in [9.17, 15) is 0 Å². The summed E-state index contributed by atoms with van der Waals surface area (Å²) in [6.45, 7) is 0. The molecule has 248 valence electrons. The van der Waals surface area contributed by atoms with Gasteiger partial charge >= 0.3 is 0 Å². The van der Waals surface area contributed by atoms with Crippen LogP contribution in [-0.2, 0) is 0 Å². The summed E-state index contributed by atoms with van der Waals surface area (Å²) in [5.74, 6) is 0.